The molecule has 0 bridgehead atoms. The fourth-order valence-corrected chi connectivity index (χ4v) is 16.6. The van der Waals surface area contributed by atoms with E-state index in [-0.39, 0.29) is 132 Å². The third-order valence-corrected chi connectivity index (χ3v) is 22.2. The van der Waals surface area contributed by atoms with Gasteiger partial charge in [0.15, 0.2) is 11.6 Å². The average molecular weight is 1910 g/mol. The molecule has 0 aromatic carbocycles. The third-order valence-electron chi connectivity index (χ3n) is 20.7. The van der Waals surface area contributed by atoms with Gasteiger partial charge in [-0.05, 0) is 217 Å². The Balaban J connectivity index is 0.000000225. The Morgan fingerprint density at radius 2 is 0.701 bits per heavy atom. The molecule has 3 saturated carbocycles. The number of ether oxygens (including phenoxy) is 5. The zero-order valence-corrected chi connectivity index (χ0v) is 79.6. The normalized spacial score (nSPS) is 15.9. The highest BCUT2D eigenvalue weighted by Gasteiger charge is 2.49. The van der Waals surface area contributed by atoms with Gasteiger partial charge in [0.1, 0.15) is 127 Å². The third kappa shape index (κ3) is 24.9. The van der Waals surface area contributed by atoms with Gasteiger partial charge in [-0.2, -0.15) is 9.80 Å². The number of carbonyl (C=O) groups is 7. The van der Waals surface area contributed by atoms with Gasteiger partial charge in [0, 0.05) is 35.5 Å². The van der Waals surface area contributed by atoms with Crippen molar-refractivity contribution in [3.8, 4) is 0 Å². The molecule has 3 spiro atoms. The molecule has 43 heteroatoms. The molecule has 11 heterocycles. The maximum Gasteiger partial charge on any atom is 0.425 e. The molecular formula is C84H114Cl7N21O15. The molecule has 11 N–H and O–H groups in total. The molecule has 0 atom stereocenters. The lowest BCUT2D eigenvalue weighted by Crippen LogP contribution is -2.48. The number of rotatable bonds is 10. The number of hydrogen-bond acceptors (Lipinski definition) is 28. The molecule has 4 fully saturated rings. The SMILES string of the molecule is C1CCOC1.CCc1c(Cl)ncnc1N(C(=O)OC(C)(C)C)C(=O)OC(C)(C)C.CCc1c(N)ncnc1Cl.CCc1c(N)ncnc1Nc1cc(Cl)c2n(c1=O)C1(CCCCC1)NC2=O.CCc1c(Nc2cc(Cl)c3n(c2=O)C2(CCCCC2)NC3=O)ncnc1N(C(=O)OC(C)(C)C)C(=O)OC(C)(C)C.Cl.Cl.Nc1cc(Cl)c2n(c1=O)C1(CCCCC1)NC2=O. The average Bonchev–Trinajstić information content (AvgIpc) is 1.59. The highest BCUT2D eigenvalue weighted by molar-refractivity contribution is 6.35. The van der Waals surface area contributed by atoms with Gasteiger partial charge in [0.05, 0.1) is 20.8 Å². The van der Waals surface area contributed by atoms with E-state index >= 15 is 0 Å². The van der Waals surface area contributed by atoms with Crippen LogP contribution in [0.25, 0.3) is 0 Å². The van der Waals surface area contributed by atoms with E-state index in [9.17, 15) is 47.9 Å². The summed E-state index contributed by atoms with van der Waals surface area (Å²) in [6.45, 7) is 29.8. The van der Waals surface area contributed by atoms with Crippen LogP contribution < -0.4 is 70.3 Å². The van der Waals surface area contributed by atoms with Crippen molar-refractivity contribution in [1.29, 1.82) is 0 Å². The highest BCUT2D eigenvalue weighted by Crippen LogP contribution is 2.43. The molecule has 7 aromatic rings. The fraction of sp³-hybridized carbons (Fsp3) is 0.548. The van der Waals surface area contributed by atoms with E-state index in [2.05, 4.69) is 66.5 Å². The van der Waals surface area contributed by atoms with Crippen LogP contribution in [0.2, 0.25) is 25.4 Å². The van der Waals surface area contributed by atoms with E-state index in [1.165, 1.54) is 70.1 Å². The zero-order chi connectivity index (χ0) is 92.2. The summed E-state index contributed by atoms with van der Waals surface area (Å²) in [6, 6.07) is 4.23. The zero-order valence-electron chi connectivity index (χ0n) is 74.2. The monoisotopic (exact) mass is 1900 g/mol. The topological polar surface area (TPSA) is 479 Å². The molecular weight excluding hydrogens is 1790 g/mol. The molecule has 7 aliphatic rings. The molecule has 694 valence electrons. The summed E-state index contributed by atoms with van der Waals surface area (Å²) in [5.41, 5.74) is 13.9. The Hall–Kier alpha value is -9.95. The van der Waals surface area contributed by atoms with Crippen LogP contribution in [0.5, 0.6) is 0 Å². The number of aromatic nitrogens is 11. The molecule has 0 radical (unpaired) electrons. The molecule has 14 rings (SSSR count). The summed E-state index contributed by atoms with van der Waals surface area (Å²) in [7, 11) is 0. The first-order chi connectivity index (χ1) is 58.7. The fourth-order valence-electron chi connectivity index (χ4n) is 15.3. The lowest BCUT2D eigenvalue weighted by atomic mass is 9.89. The van der Waals surface area contributed by atoms with Gasteiger partial charge < -0.3 is 67.5 Å². The van der Waals surface area contributed by atoms with Crippen molar-refractivity contribution in [3.63, 3.8) is 0 Å². The number of carbonyl (C=O) groups excluding carboxylic acids is 7. The second kappa shape index (κ2) is 43.4. The van der Waals surface area contributed by atoms with Gasteiger partial charge >= 0.3 is 24.4 Å². The Bertz CT molecular complexity index is 5290. The lowest BCUT2D eigenvalue weighted by Gasteiger charge is -2.35. The smallest absolute Gasteiger partial charge is 0.425 e. The second-order valence-electron chi connectivity index (χ2n) is 34.5. The van der Waals surface area contributed by atoms with Crippen LogP contribution >= 0.6 is 82.8 Å². The standard InChI is InChI=1S/C28H37ClN6O6.C18H21ClN6O2.C16H24ClN3O4.C12H14ClN3O2.C6H8ClN3.C4H8O.2ClH/c1-8-16-20(30-15-31-21(16)34(24(38)40-26(2,3)4)25(39)41-27(5,6)7)32-18-14-17(29)19-22(36)33-28(35(19)23(18)37)12-10-9-11-13-28;1-2-10-14(20)21-9-22-15(10)23-12-8-11(19)13-16(26)24-18(25(13)17(12)27)6-4-3-5-7-18;1-8-10-11(17)18-9-19-12(10)20(13(21)23-15(2,3)4)14(22)24-16(5,6)7;13-7-6-8(14)11(18)16-9(7)10(17)15-12(16)4-2-1-3-5-12;1-2-4-5(7)9-3-10-6(4)8;1-2-4-5-3-1;;/h14-15H,8-13H2,1-7H3,(H,33,36)(H,30,31,32);8-9H,2-7H2,1H3,(H,24,26)(H3,20,21,22,23);9H,8H2,1-7H3;6H,1-5,14H2,(H,15,17);3H,2H2,1H3,(H2,8,9,10);1-4H2;2*1H. The summed E-state index contributed by atoms with van der Waals surface area (Å²) < 4.78 is 31.0. The molecule has 3 aliphatic carbocycles. The maximum atomic E-state index is 13.8. The molecule has 7 aromatic heterocycles. The number of nitrogens with zero attached hydrogens (tertiary/aromatic N) is 13. The van der Waals surface area contributed by atoms with Crippen LogP contribution in [0.3, 0.4) is 0 Å². The molecule has 127 heavy (non-hydrogen) atoms. The number of pyridine rings is 3. The summed E-state index contributed by atoms with van der Waals surface area (Å²) in [4.78, 5) is 162. The first kappa shape index (κ1) is 104. The number of halogens is 7. The first-order valence-corrected chi connectivity index (χ1v) is 43.5. The van der Waals surface area contributed by atoms with Crippen LogP contribution in [0.4, 0.5) is 71.1 Å². The minimum Gasteiger partial charge on any atom is -0.443 e. The summed E-state index contributed by atoms with van der Waals surface area (Å²) in [5, 5.41) is 16.2. The van der Waals surface area contributed by atoms with Crippen molar-refractivity contribution in [2.75, 3.05) is 50.8 Å². The van der Waals surface area contributed by atoms with Gasteiger partial charge in [0.2, 0.25) is 0 Å². The van der Waals surface area contributed by atoms with Crippen molar-refractivity contribution in [2.45, 2.75) is 285 Å². The quantitative estimate of drug-likeness (QED) is 0.0466. The Morgan fingerprint density at radius 3 is 1.02 bits per heavy atom. The summed E-state index contributed by atoms with van der Waals surface area (Å²) >= 11 is 30.8. The summed E-state index contributed by atoms with van der Waals surface area (Å²) in [6.07, 6.45) is 18.9. The van der Waals surface area contributed by atoms with Crippen molar-refractivity contribution in [1.82, 2.24) is 69.5 Å². The number of amides is 7. The number of imide groups is 2. The number of hydrogen-bond donors (Lipinski definition) is 8. The summed E-state index contributed by atoms with van der Waals surface area (Å²) in [5.74, 6) is 0.523. The van der Waals surface area contributed by atoms with E-state index in [1.54, 1.807) is 90.0 Å². The minimum absolute atomic E-state index is 0. The van der Waals surface area contributed by atoms with Crippen molar-refractivity contribution in [3.05, 3.63) is 139 Å². The lowest BCUT2D eigenvalue weighted by molar-refractivity contribution is 0.0406. The predicted molar refractivity (Wildman–Crippen MR) is 493 cm³/mol. The van der Waals surface area contributed by atoms with Gasteiger partial charge in [-0.1, -0.05) is 105 Å². The minimum atomic E-state index is -0.976. The molecule has 7 amide bonds. The molecule has 0 unspecified atom stereocenters. The van der Waals surface area contributed by atoms with Crippen LogP contribution in [0.1, 0.15) is 274 Å². The molecule has 1 saturated heterocycles. The van der Waals surface area contributed by atoms with E-state index in [0.717, 1.165) is 111 Å². The Labute approximate surface area is 773 Å². The largest absolute Gasteiger partial charge is 0.443 e. The number of nitrogens with one attached hydrogen (secondary N) is 5. The number of anilines is 9. The van der Waals surface area contributed by atoms with E-state index < -0.39 is 69.3 Å². The Morgan fingerprint density at radius 1 is 0.409 bits per heavy atom. The van der Waals surface area contributed by atoms with Gasteiger partial charge in [-0.15, -0.1) is 24.8 Å². The van der Waals surface area contributed by atoms with Crippen LogP contribution in [-0.2, 0) is 66.4 Å². The van der Waals surface area contributed by atoms with Crippen molar-refractivity contribution in [2.24, 2.45) is 0 Å². The molecule has 36 nitrogen and oxygen atoms in total. The van der Waals surface area contributed by atoms with E-state index in [1.807, 2.05) is 20.8 Å². The van der Waals surface area contributed by atoms with Gasteiger partial charge in [-0.3, -0.25) is 42.5 Å². The first-order valence-electron chi connectivity index (χ1n) is 41.6. The maximum absolute atomic E-state index is 13.8. The number of fused-ring (bicyclic) bond motifs is 6. The highest BCUT2D eigenvalue weighted by atomic mass is 35.5. The van der Waals surface area contributed by atoms with Crippen molar-refractivity contribution >= 4 is 177 Å². The molecule has 4 aliphatic heterocycles. The predicted octanol–water partition coefficient (Wildman–Crippen LogP) is 16.9. The Kier molecular flexibility index (Phi) is 35.6. The van der Waals surface area contributed by atoms with Crippen LogP contribution in [-0.4, -0.2) is 131 Å². The van der Waals surface area contributed by atoms with Crippen LogP contribution in [0.15, 0.2) is 57.9 Å². The number of nitrogens with two attached hydrogens (primary N) is 3. The van der Waals surface area contributed by atoms with Gasteiger partial charge in [0.25, 0.3) is 34.4 Å². The number of nitrogen functional groups attached to an aromatic ring is 3. The van der Waals surface area contributed by atoms with E-state index in [4.69, 9.17) is 98.9 Å². The van der Waals surface area contributed by atoms with E-state index in [0.29, 0.717) is 72.3 Å². The van der Waals surface area contributed by atoms with Crippen molar-refractivity contribution < 1.29 is 57.2 Å². The van der Waals surface area contributed by atoms with Gasteiger partial charge in [-0.25, -0.2) is 59.0 Å². The van der Waals surface area contributed by atoms with Crippen LogP contribution in [0, 0.1) is 0 Å². The second-order valence-corrected chi connectivity index (χ2v) is 36.5.